The highest BCUT2D eigenvalue weighted by molar-refractivity contribution is 5.79. The lowest BCUT2D eigenvalue weighted by Gasteiger charge is -2.24. The van der Waals surface area contributed by atoms with Gasteiger partial charge in [0.25, 0.3) is 0 Å². The fraction of sp³-hybridized carbons (Fsp3) is 0.923. The third kappa shape index (κ3) is 2.24. The van der Waals surface area contributed by atoms with Gasteiger partial charge in [0.1, 0.15) is 5.60 Å². The van der Waals surface area contributed by atoms with Crippen molar-refractivity contribution in [3.05, 3.63) is 0 Å². The average molecular weight is 226 g/mol. The largest absolute Gasteiger partial charge is 0.467 e. The Balaban J connectivity index is 1.89. The highest BCUT2D eigenvalue weighted by Gasteiger charge is 2.60. The van der Waals surface area contributed by atoms with Gasteiger partial charge in [0.15, 0.2) is 6.10 Å². The first-order valence-corrected chi connectivity index (χ1v) is 6.47. The normalized spacial score (nSPS) is 34.8. The summed E-state index contributed by atoms with van der Waals surface area (Å²) in [6.07, 6.45) is 8.34. The molecule has 2 unspecified atom stereocenters. The summed E-state index contributed by atoms with van der Waals surface area (Å²) in [4.78, 5) is 11.4. The van der Waals surface area contributed by atoms with E-state index < -0.39 is 0 Å². The van der Waals surface area contributed by atoms with Crippen LogP contribution in [0.3, 0.4) is 0 Å². The third-order valence-electron chi connectivity index (χ3n) is 4.15. The molecule has 1 aliphatic heterocycles. The maximum Gasteiger partial charge on any atom is 0.338 e. The van der Waals surface area contributed by atoms with E-state index in [0.717, 1.165) is 18.8 Å². The monoisotopic (exact) mass is 226 g/mol. The summed E-state index contributed by atoms with van der Waals surface area (Å²) in [7, 11) is 1.44. The second kappa shape index (κ2) is 4.74. The minimum atomic E-state index is -0.288. The number of carbonyl (C=O) groups excluding carboxylic acids is 1. The number of hydrogen-bond donors (Lipinski definition) is 0. The quantitative estimate of drug-likeness (QED) is 0.546. The minimum absolute atomic E-state index is 0.185. The van der Waals surface area contributed by atoms with Crippen LogP contribution in [0, 0.1) is 5.92 Å². The Morgan fingerprint density at radius 2 is 2.06 bits per heavy atom. The van der Waals surface area contributed by atoms with Crippen LogP contribution in [0.15, 0.2) is 0 Å². The molecule has 1 aliphatic carbocycles. The summed E-state index contributed by atoms with van der Waals surface area (Å²) < 4.78 is 10.4. The smallest absolute Gasteiger partial charge is 0.338 e. The first kappa shape index (κ1) is 11.9. The average Bonchev–Trinajstić information content (AvgIpc) is 3.04. The number of carbonyl (C=O) groups is 1. The maximum absolute atomic E-state index is 11.4. The van der Waals surface area contributed by atoms with Gasteiger partial charge in [0.2, 0.25) is 0 Å². The van der Waals surface area contributed by atoms with Crippen molar-refractivity contribution in [2.24, 2.45) is 5.92 Å². The molecule has 3 heteroatoms. The van der Waals surface area contributed by atoms with Crippen LogP contribution in [0.1, 0.15) is 51.9 Å². The highest BCUT2D eigenvalue weighted by Crippen LogP contribution is 2.47. The maximum atomic E-state index is 11.4. The summed E-state index contributed by atoms with van der Waals surface area (Å²) in [5.74, 6) is 0.556. The zero-order valence-corrected chi connectivity index (χ0v) is 10.3. The lowest BCUT2D eigenvalue weighted by atomic mass is 9.81. The molecule has 2 atom stereocenters. The molecule has 92 valence electrons. The van der Waals surface area contributed by atoms with E-state index >= 15 is 0 Å². The Labute approximate surface area is 97.5 Å². The molecule has 2 aliphatic rings. The van der Waals surface area contributed by atoms with Crippen molar-refractivity contribution in [3.8, 4) is 0 Å². The van der Waals surface area contributed by atoms with Gasteiger partial charge in [-0.1, -0.05) is 39.0 Å². The summed E-state index contributed by atoms with van der Waals surface area (Å²) in [5.41, 5.74) is -0.185. The van der Waals surface area contributed by atoms with Crippen LogP contribution < -0.4 is 0 Å². The Kier molecular flexibility index (Phi) is 3.53. The van der Waals surface area contributed by atoms with Crippen LogP contribution in [0.25, 0.3) is 0 Å². The zero-order valence-electron chi connectivity index (χ0n) is 10.3. The number of ether oxygens (including phenoxy) is 2. The molecule has 0 aromatic rings. The number of esters is 1. The van der Waals surface area contributed by atoms with Crippen molar-refractivity contribution in [3.63, 3.8) is 0 Å². The first-order valence-electron chi connectivity index (χ1n) is 6.47. The summed E-state index contributed by atoms with van der Waals surface area (Å²) >= 11 is 0. The summed E-state index contributed by atoms with van der Waals surface area (Å²) in [6.45, 7) is 2.10. The van der Waals surface area contributed by atoms with Gasteiger partial charge in [-0.3, -0.25) is 0 Å². The molecule has 1 saturated heterocycles. The standard InChI is InChI=1S/C13H22O3/c1-3-13(11(16-13)12(14)15-2)9-10-7-5-4-6-8-10/h10-11H,3-9H2,1-2H3. The van der Waals surface area contributed by atoms with Crippen LogP contribution in [-0.2, 0) is 14.3 Å². The number of methoxy groups -OCH3 is 1. The van der Waals surface area contributed by atoms with E-state index in [9.17, 15) is 4.79 Å². The first-order chi connectivity index (χ1) is 7.72. The predicted molar refractivity (Wildman–Crippen MR) is 61.1 cm³/mol. The van der Waals surface area contributed by atoms with Crippen LogP contribution in [0.5, 0.6) is 0 Å². The van der Waals surface area contributed by atoms with E-state index in [2.05, 4.69) is 6.92 Å². The van der Waals surface area contributed by atoms with Gasteiger partial charge in [-0.25, -0.2) is 4.79 Å². The van der Waals surface area contributed by atoms with E-state index in [1.165, 1.54) is 39.2 Å². The van der Waals surface area contributed by atoms with E-state index in [1.807, 2.05) is 0 Å². The third-order valence-corrected chi connectivity index (χ3v) is 4.15. The summed E-state index contributed by atoms with van der Waals surface area (Å²) in [6, 6.07) is 0. The lowest BCUT2D eigenvalue weighted by molar-refractivity contribution is -0.142. The van der Waals surface area contributed by atoms with Gasteiger partial charge in [-0.2, -0.15) is 0 Å². The van der Waals surface area contributed by atoms with E-state index in [1.54, 1.807) is 0 Å². The van der Waals surface area contributed by atoms with Crippen molar-refractivity contribution in [2.75, 3.05) is 7.11 Å². The Bertz CT molecular complexity index is 258. The SMILES string of the molecule is CCC1(CC2CCCCC2)OC1C(=O)OC. The Hall–Kier alpha value is -0.570. The minimum Gasteiger partial charge on any atom is -0.467 e. The Morgan fingerprint density at radius 1 is 1.38 bits per heavy atom. The molecule has 2 rings (SSSR count). The van der Waals surface area contributed by atoms with E-state index in [0.29, 0.717) is 0 Å². The molecule has 0 amide bonds. The van der Waals surface area contributed by atoms with Gasteiger partial charge in [-0.05, 0) is 18.8 Å². The lowest BCUT2D eigenvalue weighted by Crippen LogP contribution is -2.25. The fourth-order valence-electron chi connectivity index (χ4n) is 3.02. The molecule has 0 radical (unpaired) electrons. The van der Waals surface area contributed by atoms with Crippen molar-refractivity contribution in [1.29, 1.82) is 0 Å². The molecule has 0 spiro atoms. The van der Waals surface area contributed by atoms with Crippen molar-refractivity contribution >= 4 is 5.97 Å². The van der Waals surface area contributed by atoms with Crippen LogP contribution in [0.2, 0.25) is 0 Å². The van der Waals surface area contributed by atoms with Gasteiger partial charge >= 0.3 is 5.97 Å². The van der Waals surface area contributed by atoms with Gasteiger partial charge in [-0.15, -0.1) is 0 Å². The highest BCUT2D eigenvalue weighted by atomic mass is 16.7. The van der Waals surface area contributed by atoms with Crippen LogP contribution >= 0.6 is 0 Å². The fourth-order valence-corrected chi connectivity index (χ4v) is 3.02. The van der Waals surface area contributed by atoms with Crippen LogP contribution in [0.4, 0.5) is 0 Å². The molecule has 0 bridgehead atoms. The molecule has 1 heterocycles. The predicted octanol–water partition coefficient (Wildman–Crippen LogP) is 2.68. The molecular weight excluding hydrogens is 204 g/mol. The molecule has 16 heavy (non-hydrogen) atoms. The number of rotatable bonds is 4. The molecular formula is C13H22O3. The van der Waals surface area contributed by atoms with Crippen molar-refractivity contribution in [1.82, 2.24) is 0 Å². The molecule has 0 N–H and O–H groups in total. The topological polar surface area (TPSA) is 38.8 Å². The van der Waals surface area contributed by atoms with Crippen molar-refractivity contribution < 1.29 is 14.3 Å². The number of hydrogen-bond acceptors (Lipinski definition) is 3. The van der Waals surface area contributed by atoms with Crippen molar-refractivity contribution in [2.45, 2.75) is 63.6 Å². The molecule has 2 fully saturated rings. The second-order valence-corrected chi connectivity index (χ2v) is 5.15. The molecule has 0 aromatic heterocycles. The second-order valence-electron chi connectivity index (χ2n) is 5.15. The molecule has 0 aromatic carbocycles. The van der Waals surface area contributed by atoms with Gasteiger partial charge in [0.05, 0.1) is 7.11 Å². The molecule has 1 saturated carbocycles. The zero-order chi connectivity index (χ0) is 11.6. The Morgan fingerprint density at radius 3 is 2.62 bits per heavy atom. The van der Waals surface area contributed by atoms with Gasteiger partial charge < -0.3 is 9.47 Å². The summed E-state index contributed by atoms with van der Waals surface area (Å²) in [5, 5.41) is 0. The van der Waals surface area contributed by atoms with E-state index in [-0.39, 0.29) is 17.7 Å². The number of epoxide rings is 1. The van der Waals surface area contributed by atoms with Gasteiger partial charge in [0, 0.05) is 0 Å². The van der Waals surface area contributed by atoms with Crippen LogP contribution in [-0.4, -0.2) is 24.8 Å². The van der Waals surface area contributed by atoms with E-state index in [4.69, 9.17) is 9.47 Å². The molecule has 3 nitrogen and oxygen atoms in total.